The van der Waals surface area contributed by atoms with Crippen LogP contribution in [-0.2, 0) is 0 Å². The molecule has 1 unspecified atom stereocenters. The lowest BCUT2D eigenvalue weighted by Crippen LogP contribution is -2.21. The van der Waals surface area contributed by atoms with Gasteiger partial charge in [0.05, 0.1) is 5.56 Å². The van der Waals surface area contributed by atoms with Gasteiger partial charge in [0, 0.05) is 30.8 Å². The Bertz CT molecular complexity index is 891. The van der Waals surface area contributed by atoms with E-state index in [1.54, 1.807) is 19.2 Å². The summed E-state index contributed by atoms with van der Waals surface area (Å²) in [6, 6.07) is 7.63. The standard InChI is InChI=1S/C18H16F2N4O/c1-11-22-18(25-23-11)13-4-3-8-21-17(13)24-9-7-12(10-24)16-14(19)5-2-6-15(16)20/h2-6,8,12H,7,9-10H2,1H3. The molecular weight excluding hydrogens is 326 g/mol. The van der Waals surface area contributed by atoms with Gasteiger partial charge in [-0.25, -0.2) is 13.8 Å². The van der Waals surface area contributed by atoms with E-state index < -0.39 is 11.6 Å². The third-order valence-electron chi connectivity index (χ3n) is 4.44. The van der Waals surface area contributed by atoms with Crippen molar-refractivity contribution in [3.63, 3.8) is 0 Å². The molecule has 3 aromatic rings. The average molecular weight is 342 g/mol. The van der Waals surface area contributed by atoms with E-state index >= 15 is 0 Å². The molecule has 0 spiro atoms. The topological polar surface area (TPSA) is 55.1 Å². The van der Waals surface area contributed by atoms with E-state index in [9.17, 15) is 8.78 Å². The summed E-state index contributed by atoms with van der Waals surface area (Å²) in [6.07, 6.45) is 2.33. The van der Waals surface area contributed by atoms with Crippen LogP contribution >= 0.6 is 0 Å². The van der Waals surface area contributed by atoms with Crippen LogP contribution in [0.3, 0.4) is 0 Å². The van der Waals surface area contributed by atoms with Gasteiger partial charge >= 0.3 is 0 Å². The molecular formula is C18H16F2N4O. The van der Waals surface area contributed by atoms with Gasteiger partial charge < -0.3 is 9.42 Å². The molecule has 0 radical (unpaired) electrons. The van der Waals surface area contributed by atoms with Crippen molar-refractivity contribution >= 4 is 5.82 Å². The van der Waals surface area contributed by atoms with Gasteiger partial charge in [0.2, 0.25) is 0 Å². The lowest BCUT2D eigenvalue weighted by Gasteiger charge is -2.19. The van der Waals surface area contributed by atoms with E-state index in [-0.39, 0.29) is 11.5 Å². The highest BCUT2D eigenvalue weighted by atomic mass is 19.1. The minimum Gasteiger partial charge on any atom is -0.355 e. The molecule has 1 saturated heterocycles. The first-order chi connectivity index (χ1) is 12.1. The van der Waals surface area contributed by atoms with Crippen molar-refractivity contribution in [3.05, 3.63) is 59.6 Å². The molecule has 25 heavy (non-hydrogen) atoms. The van der Waals surface area contributed by atoms with E-state index in [0.29, 0.717) is 37.0 Å². The average Bonchev–Trinajstić information content (AvgIpc) is 3.24. The summed E-state index contributed by atoms with van der Waals surface area (Å²) in [5.74, 6) is 0.394. The summed E-state index contributed by atoms with van der Waals surface area (Å²) in [4.78, 5) is 10.7. The maximum absolute atomic E-state index is 14.1. The van der Waals surface area contributed by atoms with Crippen molar-refractivity contribution in [1.29, 1.82) is 0 Å². The van der Waals surface area contributed by atoms with E-state index in [2.05, 4.69) is 15.1 Å². The van der Waals surface area contributed by atoms with Crippen LogP contribution < -0.4 is 4.90 Å². The van der Waals surface area contributed by atoms with Crippen molar-refractivity contribution in [3.8, 4) is 11.5 Å². The molecule has 1 aliphatic rings. The monoisotopic (exact) mass is 342 g/mol. The summed E-state index contributed by atoms with van der Waals surface area (Å²) < 4.78 is 33.4. The van der Waals surface area contributed by atoms with Crippen LogP contribution in [0.15, 0.2) is 41.1 Å². The van der Waals surface area contributed by atoms with Crippen LogP contribution in [0.4, 0.5) is 14.6 Å². The molecule has 4 rings (SSSR count). The molecule has 1 atom stereocenters. The summed E-state index contributed by atoms with van der Waals surface area (Å²) in [5.41, 5.74) is 0.869. The fraction of sp³-hybridized carbons (Fsp3) is 0.278. The zero-order valence-corrected chi connectivity index (χ0v) is 13.6. The van der Waals surface area contributed by atoms with Gasteiger partial charge in [0.25, 0.3) is 5.89 Å². The van der Waals surface area contributed by atoms with Crippen molar-refractivity contribution in [1.82, 2.24) is 15.1 Å². The first kappa shape index (κ1) is 15.7. The Kier molecular flexibility index (Phi) is 3.91. The second kappa shape index (κ2) is 6.23. The molecule has 0 aliphatic carbocycles. The van der Waals surface area contributed by atoms with Gasteiger partial charge in [-0.2, -0.15) is 4.98 Å². The summed E-state index contributed by atoms with van der Waals surface area (Å²) in [6.45, 7) is 2.88. The van der Waals surface area contributed by atoms with Crippen LogP contribution in [0, 0.1) is 18.6 Å². The Hall–Kier alpha value is -2.83. The number of rotatable bonds is 3. The highest BCUT2D eigenvalue weighted by molar-refractivity contribution is 5.70. The lowest BCUT2D eigenvalue weighted by molar-refractivity contribution is 0.425. The minimum absolute atomic E-state index is 0.149. The van der Waals surface area contributed by atoms with Crippen LogP contribution in [0.5, 0.6) is 0 Å². The van der Waals surface area contributed by atoms with Gasteiger partial charge in [-0.3, -0.25) is 0 Å². The van der Waals surface area contributed by atoms with Crippen molar-refractivity contribution in [2.45, 2.75) is 19.3 Å². The molecule has 1 aromatic carbocycles. The maximum Gasteiger partial charge on any atom is 0.261 e. The summed E-state index contributed by atoms with van der Waals surface area (Å²) in [7, 11) is 0. The molecule has 1 aliphatic heterocycles. The fourth-order valence-electron chi connectivity index (χ4n) is 3.31. The third-order valence-corrected chi connectivity index (χ3v) is 4.44. The van der Waals surface area contributed by atoms with Gasteiger partial charge in [-0.15, -0.1) is 0 Å². The molecule has 0 N–H and O–H groups in total. The maximum atomic E-state index is 14.1. The van der Waals surface area contributed by atoms with Crippen LogP contribution in [0.1, 0.15) is 23.7 Å². The van der Waals surface area contributed by atoms with E-state index in [1.807, 2.05) is 11.0 Å². The fourth-order valence-corrected chi connectivity index (χ4v) is 3.31. The second-order valence-corrected chi connectivity index (χ2v) is 6.09. The van der Waals surface area contributed by atoms with Crippen LogP contribution in [-0.4, -0.2) is 28.2 Å². The first-order valence-corrected chi connectivity index (χ1v) is 8.08. The quantitative estimate of drug-likeness (QED) is 0.726. The molecule has 5 nitrogen and oxygen atoms in total. The number of hydrogen-bond acceptors (Lipinski definition) is 5. The Morgan fingerprint density at radius 1 is 1.16 bits per heavy atom. The molecule has 0 bridgehead atoms. The number of anilines is 1. The van der Waals surface area contributed by atoms with Gasteiger partial charge in [0.15, 0.2) is 5.82 Å². The molecule has 0 saturated carbocycles. The molecule has 7 heteroatoms. The molecule has 0 amide bonds. The number of aryl methyl sites for hydroxylation is 1. The van der Waals surface area contributed by atoms with Gasteiger partial charge in [0.1, 0.15) is 17.5 Å². The lowest BCUT2D eigenvalue weighted by atomic mass is 9.97. The third kappa shape index (κ3) is 2.86. The zero-order chi connectivity index (χ0) is 17.4. The Morgan fingerprint density at radius 3 is 2.68 bits per heavy atom. The highest BCUT2D eigenvalue weighted by Crippen LogP contribution is 2.36. The predicted molar refractivity (Wildman–Crippen MR) is 88.2 cm³/mol. The van der Waals surface area contributed by atoms with Crippen LogP contribution in [0.2, 0.25) is 0 Å². The van der Waals surface area contributed by atoms with Crippen LogP contribution in [0.25, 0.3) is 11.5 Å². The number of benzene rings is 1. The van der Waals surface area contributed by atoms with Crippen molar-refractivity contribution in [2.75, 3.05) is 18.0 Å². The summed E-state index contributed by atoms with van der Waals surface area (Å²) in [5, 5.41) is 3.81. The van der Waals surface area contributed by atoms with Gasteiger partial charge in [-0.05, 0) is 37.6 Å². The predicted octanol–water partition coefficient (Wildman–Crippen LogP) is 3.71. The van der Waals surface area contributed by atoms with E-state index in [0.717, 1.165) is 5.56 Å². The SMILES string of the molecule is Cc1noc(-c2cccnc2N2CCC(c3c(F)cccc3F)C2)n1. The van der Waals surface area contributed by atoms with Crippen molar-refractivity contribution < 1.29 is 13.3 Å². The molecule has 128 valence electrons. The number of pyridine rings is 1. The molecule has 3 heterocycles. The van der Waals surface area contributed by atoms with Crippen molar-refractivity contribution in [2.24, 2.45) is 0 Å². The molecule has 2 aromatic heterocycles. The van der Waals surface area contributed by atoms with E-state index in [1.165, 1.54) is 18.2 Å². The Morgan fingerprint density at radius 2 is 1.96 bits per heavy atom. The van der Waals surface area contributed by atoms with E-state index in [4.69, 9.17) is 4.52 Å². The molecule has 1 fully saturated rings. The largest absolute Gasteiger partial charge is 0.355 e. The van der Waals surface area contributed by atoms with Gasteiger partial charge in [-0.1, -0.05) is 11.2 Å². The Labute approximate surface area is 143 Å². The zero-order valence-electron chi connectivity index (χ0n) is 13.6. The number of aromatic nitrogens is 3. The summed E-state index contributed by atoms with van der Waals surface area (Å²) >= 11 is 0. The normalized spacial score (nSPS) is 17.2. The first-order valence-electron chi connectivity index (χ1n) is 8.08. The number of hydrogen-bond donors (Lipinski definition) is 0. The highest BCUT2D eigenvalue weighted by Gasteiger charge is 2.30. The Balaban J connectivity index is 1.65. The number of nitrogens with zero attached hydrogens (tertiary/aromatic N) is 4. The number of halogens is 2. The smallest absolute Gasteiger partial charge is 0.261 e. The minimum atomic E-state index is -0.499. The second-order valence-electron chi connectivity index (χ2n) is 6.09.